The van der Waals surface area contributed by atoms with Crippen molar-refractivity contribution in [1.29, 1.82) is 0 Å². The number of anilines is 3. The highest BCUT2D eigenvalue weighted by Crippen LogP contribution is 2.44. The average Bonchev–Trinajstić information content (AvgIpc) is 3.80. The molecule has 0 aliphatic heterocycles. The molecule has 0 fully saturated rings. The number of benzene rings is 6. The fourth-order valence-corrected chi connectivity index (χ4v) is 7.82. The van der Waals surface area contributed by atoms with Gasteiger partial charge in [0.2, 0.25) is 5.71 Å². The van der Waals surface area contributed by atoms with E-state index in [2.05, 4.69) is 120 Å². The van der Waals surface area contributed by atoms with Gasteiger partial charge in [0.15, 0.2) is 5.58 Å². The monoisotopic (exact) mass is 608 g/mol. The van der Waals surface area contributed by atoms with Gasteiger partial charge in [-0.2, -0.15) is 0 Å². The number of pyridine rings is 1. The number of nitrogens with zero attached hydrogens (tertiary/aromatic N) is 2. The molecular formula is C41H24N2O2S. The molecule has 6 aromatic carbocycles. The minimum absolute atomic E-state index is 0.650. The van der Waals surface area contributed by atoms with Crippen LogP contribution in [0.2, 0.25) is 0 Å². The summed E-state index contributed by atoms with van der Waals surface area (Å²) < 4.78 is 15.2. The van der Waals surface area contributed by atoms with Gasteiger partial charge in [0.25, 0.3) is 0 Å². The Bertz CT molecular complexity index is 2770. The first-order valence-corrected chi connectivity index (χ1v) is 16.1. The van der Waals surface area contributed by atoms with Crippen LogP contribution in [-0.4, -0.2) is 4.98 Å². The predicted molar refractivity (Wildman–Crippen MR) is 192 cm³/mol. The molecule has 0 saturated heterocycles. The van der Waals surface area contributed by atoms with Crippen molar-refractivity contribution in [3.8, 4) is 11.3 Å². The van der Waals surface area contributed by atoms with E-state index in [1.807, 2.05) is 41.7 Å². The third-order valence-electron chi connectivity index (χ3n) is 8.91. The first-order chi connectivity index (χ1) is 22.8. The van der Waals surface area contributed by atoms with Crippen molar-refractivity contribution in [3.05, 3.63) is 146 Å². The molecule has 46 heavy (non-hydrogen) atoms. The standard InChI is InChI=1S/C41H24N2O2S/c1-4-13-36-28(8-1)31-11-7-12-35(40(31)44-36)43(27-20-23-39-33(24-27)30-10-3-6-15-38(30)46-39)26-18-16-25(17-19-26)34-22-21-32-29-9-2-5-14-37(29)45-41(32)42-34/h1-24H. The van der Waals surface area contributed by atoms with Gasteiger partial charge < -0.3 is 13.7 Å². The Morgan fingerprint density at radius 1 is 0.478 bits per heavy atom. The van der Waals surface area contributed by atoms with Crippen LogP contribution in [0, 0.1) is 0 Å². The minimum atomic E-state index is 0.650. The van der Waals surface area contributed by atoms with Gasteiger partial charge in [-0.05, 0) is 66.7 Å². The highest BCUT2D eigenvalue weighted by molar-refractivity contribution is 7.25. The zero-order valence-corrected chi connectivity index (χ0v) is 25.3. The van der Waals surface area contributed by atoms with E-state index in [0.717, 1.165) is 66.6 Å². The Labute approximate surface area is 267 Å². The summed E-state index contributed by atoms with van der Waals surface area (Å²) in [6.07, 6.45) is 0. The lowest BCUT2D eigenvalue weighted by Crippen LogP contribution is -2.10. The lowest BCUT2D eigenvalue weighted by atomic mass is 10.1. The molecule has 0 unspecified atom stereocenters. The predicted octanol–water partition coefficient (Wildman–Crippen LogP) is 12.4. The molecule has 5 heteroatoms. The maximum Gasteiger partial charge on any atom is 0.227 e. The van der Waals surface area contributed by atoms with Gasteiger partial charge in [-0.15, -0.1) is 11.3 Å². The topological polar surface area (TPSA) is 42.4 Å². The molecule has 0 amide bonds. The summed E-state index contributed by atoms with van der Waals surface area (Å²) in [5, 5.41) is 6.84. The van der Waals surface area contributed by atoms with Crippen LogP contribution in [0.15, 0.2) is 154 Å². The molecule has 0 spiro atoms. The summed E-state index contributed by atoms with van der Waals surface area (Å²) in [6, 6.07) is 50.9. The van der Waals surface area contributed by atoms with Gasteiger partial charge >= 0.3 is 0 Å². The van der Waals surface area contributed by atoms with E-state index in [1.165, 1.54) is 20.2 Å². The summed E-state index contributed by atoms with van der Waals surface area (Å²) in [6.45, 7) is 0. The smallest absolute Gasteiger partial charge is 0.227 e. The molecule has 0 aliphatic carbocycles. The molecule has 0 aliphatic rings. The Balaban J connectivity index is 1.15. The maximum atomic E-state index is 6.55. The molecule has 4 aromatic heterocycles. The van der Waals surface area contributed by atoms with E-state index < -0.39 is 0 Å². The molecule has 0 radical (unpaired) electrons. The van der Waals surface area contributed by atoms with Crippen molar-refractivity contribution >= 4 is 92.6 Å². The van der Waals surface area contributed by atoms with Crippen LogP contribution in [0.5, 0.6) is 0 Å². The third kappa shape index (κ3) is 3.82. The van der Waals surface area contributed by atoms with E-state index in [9.17, 15) is 0 Å². The SMILES string of the molecule is c1ccc2c(c1)oc1nc(-c3ccc(N(c4ccc5sc6ccccc6c5c4)c4cccc5c4oc4ccccc45)cc3)ccc12. The third-order valence-corrected chi connectivity index (χ3v) is 10.1. The number of aromatic nitrogens is 1. The molecule has 0 N–H and O–H groups in total. The summed E-state index contributed by atoms with van der Waals surface area (Å²) in [5.41, 5.74) is 8.22. The number of rotatable bonds is 4. The van der Waals surface area contributed by atoms with Crippen LogP contribution in [0.1, 0.15) is 0 Å². The molecule has 4 heterocycles. The Hall–Kier alpha value is -5.91. The molecule has 216 valence electrons. The molecule has 10 aromatic rings. The van der Waals surface area contributed by atoms with Crippen molar-refractivity contribution in [2.45, 2.75) is 0 Å². The van der Waals surface area contributed by atoms with E-state index in [0.29, 0.717) is 5.71 Å². The van der Waals surface area contributed by atoms with E-state index in [-0.39, 0.29) is 0 Å². The van der Waals surface area contributed by atoms with E-state index >= 15 is 0 Å². The maximum absolute atomic E-state index is 6.55. The van der Waals surface area contributed by atoms with Crippen molar-refractivity contribution in [3.63, 3.8) is 0 Å². The zero-order valence-electron chi connectivity index (χ0n) is 24.5. The van der Waals surface area contributed by atoms with Crippen molar-refractivity contribution in [2.24, 2.45) is 0 Å². The Morgan fingerprint density at radius 2 is 1.15 bits per heavy atom. The quantitative estimate of drug-likeness (QED) is 0.199. The first kappa shape index (κ1) is 25.4. The second-order valence-electron chi connectivity index (χ2n) is 11.6. The highest BCUT2D eigenvalue weighted by atomic mass is 32.1. The van der Waals surface area contributed by atoms with Crippen LogP contribution < -0.4 is 4.90 Å². The lowest BCUT2D eigenvalue weighted by Gasteiger charge is -2.26. The van der Waals surface area contributed by atoms with Crippen LogP contribution in [0.3, 0.4) is 0 Å². The summed E-state index contributed by atoms with van der Waals surface area (Å²) in [4.78, 5) is 7.20. The molecule has 4 nitrogen and oxygen atoms in total. The molecule has 10 rings (SSSR count). The summed E-state index contributed by atoms with van der Waals surface area (Å²) in [5.74, 6) is 0. The van der Waals surface area contributed by atoms with Crippen LogP contribution in [0.25, 0.3) is 75.4 Å². The van der Waals surface area contributed by atoms with Crippen LogP contribution in [-0.2, 0) is 0 Å². The van der Waals surface area contributed by atoms with E-state index in [1.54, 1.807) is 0 Å². The summed E-state index contributed by atoms with van der Waals surface area (Å²) >= 11 is 1.83. The lowest BCUT2D eigenvalue weighted by molar-refractivity contribution is 0.654. The van der Waals surface area contributed by atoms with Gasteiger partial charge in [-0.1, -0.05) is 78.9 Å². The summed E-state index contributed by atoms with van der Waals surface area (Å²) in [7, 11) is 0. The number of fused-ring (bicyclic) bond motifs is 9. The van der Waals surface area contributed by atoms with Gasteiger partial charge in [0, 0.05) is 58.7 Å². The van der Waals surface area contributed by atoms with Gasteiger partial charge in [0.1, 0.15) is 11.2 Å². The number of hydrogen-bond acceptors (Lipinski definition) is 5. The second kappa shape index (κ2) is 9.80. The van der Waals surface area contributed by atoms with E-state index in [4.69, 9.17) is 13.8 Å². The Morgan fingerprint density at radius 3 is 2.00 bits per heavy atom. The minimum Gasteiger partial charge on any atom is -0.454 e. The number of para-hydroxylation sites is 3. The first-order valence-electron chi connectivity index (χ1n) is 15.3. The fraction of sp³-hybridized carbons (Fsp3) is 0. The van der Waals surface area contributed by atoms with Crippen LogP contribution >= 0.6 is 11.3 Å². The molecular weight excluding hydrogens is 585 g/mol. The number of hydrogen-bond donors (Lipinski definition) is 0. The van der Waals surface area contributed by atoms with Gasteiger partial charge in [-0.3, -0.25) is 0 Å². The Kier molecular flexibility index (Phi) is 5.41. The second-order valence-corrected chi connectivity index (χ2v) is 12.6. The van der Waals surface area contributed by atoms with Crippen molar-refractivity contribution in [1.82, 2.24) is 4.98 Å². The fourth-order valence-electron chi connectivity index (χ4n) is 6.74. The molecule has 0 atom stereocenters. The molecule has 0 saturated carbocycles. The number of thiophene rings is 1. The highest BCUT2D eigenvalue weighted by Gasteiger charge is 2.20. The molecule has 0 bridgehead atoms. The largest absolute Gasteiger partial charge is 0.454 e. The van der Waals surface area contributed by atoms with Gasteiger partial charge in [-0.25, -0.2) is 4.98 Å². The van der Waals surface area contributed by atoms with Crippen LogP contribution in [0.4, 0.5) is 17.1 Å². The average molecular weight is 609 g/mol. The van der Waals surface area contributed by atoms with Crippen molar-refractivity contribution in [2.75, 3.05) is 4.90 Å². The van der Waals surface area contributed by atoms with Crippen molar-refractivity contribution < 1.29 is 8.83 Å². The number of furan rings is 2. The van der Waals surface area contributed by atoms with Gasteiger partial charge in [0.05, 0.1) is 11.4 Å². The zero-order chi connectivity index (χ0) is 30.2. The normalized spacial score (nSPS) is 11.9.